The van der Waals surface area contributed by atoms with Gasteiger partial charge in [-0.2, -0.15) is 0 Å². The van der Waals surface area contributed by atoms with E-state index in [-0.39, 0.29) is 0 Å². The van der Waals surface area contributed by atoms with Crippen LogP contribution >= 0.6 is 0 Å². The molecular weight excluding hydrogens is 663 g/mol. The van der Waals surface area contributed by atoms with E-state index in [1.807, 2.05) is 24.3 Å². The SMILES string of the molecule is C1CCCCC1.COc1ccccc1C1CCC(N2CCCCC2)CC1.Cc1ccccc1C1CCC(C)CC1.Nc1ccccn1.Nc1ccccn1. The lowest BCUT2D eigenvalue weighted by Crippen LogP contribution is -2.41. The number of aromatic nitrogens is 2. The van der Waals surface area contributed by atoms with Crippen LogP contribution in [0.25, 0.3) is 0 Å². The van der Waals surface area contributed by atoms with Crippen LogP contribution in [-0.4, -0.2) is 41.1 Å². The van der Waals surface area contributed by atoms with Crippen molar-refractivity contribution in [2.75, 3.05) is 31.7 Å². The molecule has 4 fully saturated rings. The Balaban J connectivity index is 0.000000165. The van der Waals surface area contributed by atoms with Crippen molar-refractivity contribution < 1.29 is 4.74 Å². The van der Waals surface area contributed by atoms with Crippen molar-refractivity contribution in [3.63, 3.8) is 0 Å². The van der Waals surface area contributed by atoms with Gasteiger partial charge in [-0.15, -0.1) is 0 Å². The number of nitrogens with zero attached hydrogens (tertiary/aromatic N) is 3. The highest BCUT2D eigenvalue weighted by Gasteiger charge is 2.28. The number of aryl methyl sites for hydroxylation is 1. The van der Waals surface area contributed by atoms with Crippen LogP contribution in [0.3, 0.4) is 0 Å². The minimum atomic E-state index is 0.572. The number of hydrogen-bond donors (Lipinski definition) is 2. The first kappa shape index (κ1) is 42.8. The smallest absolute Gasteiger partial charge is 0.123 e. The Morgan fingerprint density at radius 2 is 0.981 bits per heavy atom. The summed E-state index contributed by atoms with van der Waals surface area (Å²) in [5, 5.41) is 0. The lowest BCUT2D eigenvalue weighted by atomic mass is 9.78. The van der Waals surface area contributed by atoms with Crippen LogP contribution < -0.4 is 16.2 Å². The fourth-order valence-corrected chi connectivity index (χ4v) is 8.47. The molecule has 0 radical (unpaired) electrons. The Labute approximate surface area is 328 Å². The summed E-state index contributed by atoms with van der Waals surface area (Å²) in [5.41, 5.74) is 15.0. The summed E-state index contributed by atoms with van der Waals surface area (Å²) in [7, 11) is 1.79. The predicted octanol–water partition coefficient (Wildman–Crippen LogP) is 12.2. The summed E-state index contributed by atoms with van der Waals surface area (Å²) >= 11 is 0. The summed E-state index contributed by atoms with van der Waals surface area (Å²) in [5.74, 6) is 4.72. The van der Waals surface area contributed by atoms with Gasteiger partial charge in [-0.05, 0) is 136 Å². The lowest BCUT2D eigenvalue weighted by Gasteiger charge is -2.39. The van der Waals surface area contributed by atoms with Gasteiger partial charge >= 0.3 is 0 Å². The number of anilines is 2. The second-order valence-electron chi connectivity index (χ2n) is 15.8. The normalized spacial score (nSPS) is 22.5. The number of pyridine rings is 2. The largest absolute Gasteiger partial charge is 0.496 e. The molecule has 6 nitrogen and oxygen atoms in total. The number of nitrogens with two attached hydrogens (primary N) is 2. The van der Waals surface area contributed by atoms with Crippen molar-refractivity contribution in [1.82, 2.24) is 14.9 Å². The minimum Gasteiger partial charge on any atom is -0.496 e. The molecule has 0 amide bonds. The van der Waals surface area contributed by atoms with Gasteiger partial charge in [0.2, 0.25) is 0 Å². The molecule has 294 valence electrons. The van der Waals surface area contributed by atoms with Crippen LogP contribution in [-0.2, 0) is 0 Å². The predicted molar refractivity (Wildman–Crippen MR) is 230 cm³/mol. The minimum absolute atomic E-state index is 0.572. The van der Waals surface area contributed by atoms with Gasteiger partial charge in [0.1, 0.15) is 17.4 Å². The maximum absolute atomic E-state index is 5.53. The van der Waals surface area contributed by atoms with E-state index in [1.54, 1.807) is 37.2 Å². The van der Waals surface area contributed by atoms with Crippen LogP contribution in [0.1, 0.15) is 145 Å². The molecule has 4 aliphatic rings. The molecule has 1 aliphatic heterocycles. The van der Waals surface area contributed by atoms with E-state index >= 15 is 0 Å². The van der Waals surface area contributed by atoms with Gasteiger partial charge < -0.3 is 21.1 Å². The van der Waals surface area contributed by atoms with Crippen LogP contribution in [0.15, 0.2) is 97.3 Å². The summed E-state index contributed by atoms with van der Waals surface area (Å²) < 4.78 is 5.53. The van der Waals surface area contributed by atoms with Crippen molar-refractivity contribution in [1.29, 1.82) is 0 Å². The third kappa shape index (κ3) is 15.8. The number of methoxy groups -OCH3 is 1. The van der Waals surface area contributed by atoms with Crippen molar-refractivity contribution in [3.8, 4) is 5.75 Å². The number of hydrogen-bond acceptors (Lipinski definition) is 6. The fourth-order valence-electron chi connectivity index (χ4n) is 8.47. The number of para-hydroxylation sites is 1. The topological polar surface area (TPSA) is 90.3 Å². The third-order valence-corrected chi connectivity index (χ3v) is 11.7. The molecule has 3 aliphatic carbocycles. The molecule has 2 aromatic heterocycles. The summed E-state index contributed by atoms with van der Waals surface area (Å²) in [4.78, 5) is 10.3. The van der Waals surface area contributed by atoms with Crippen molar-refractivity contribution in [3.05, 3.63) is 114 Å². The van der Waals surface area contributed by atoms with Gasteiger partial charge in [0.25, 0.3) is 0 Å². The number of ether oxygens (including phenoxy) is 1. The quantitative estimate of drug-likeness (QED) is 0.217. The highest BCUT2D eigenvalue weighted by molar-refractivity contribution is 5.36. The molecule has 3 saturated carbocycles. The molecule has 1 saturated heterocycles. The number of piperidine rings is 1. The van der Waals surface area contributed by atoms with Gasteiger partial charge in [-0.3, -0.25) is 0 Å². The molecule has 0 bridgehead atoms. The Morgan fingerprint density at radius 1 is 0.537 bits per heavy atom. The standard InChI is InChI=1S/C18H27NO.C14H20.C6H12.2C5H6N2/c1-20-18-8-4-3-7-17(18)15-9-11-16(12-10-15)19-13-5-2-6-14-19;1-11-7-9-13(10-8-11)14-6-4-3-5-12(14)2;1-2-4-6-5-3-1;2*6-5-3-1-2-4-7-5/h3-4,7-8,15-16H,2,5-6,9-14H2,1H3;3-6,11,13H,7-10H2,1-2H3;1-6H2;2*1-4H,(H2,6,7). The van der Waals surface area contributed by atoms with Crippen LogP contribution in [0.2, 0.25) is 0 Å². The van der Waals surface area contributed by atoms with Crippen molar-refractivity contribution in [2.45, 2.75) is 141 Å². The molecule has 8 rings (SSSR count). The zero-order chi connectivity index (χ0) is 38.2. The maximum atomic E-state index is 5.53. The monoisotopic (exact) mass is 734 g/mol. The Morgan fingerprint density at radius 3 is 1.44 bits per heavy atom. The number of rotatable bonds is 4. The third-order valence-electron chi connectivity index (χ3n) is 11.7. The molecular formula is C48H71N5O. The number of nitrogen functional groups attached to an aromatic ring is 2. The highest BCUT2D eigenvalue weighted by Crippen LogP contribution is 2.39. The molecule has 4 aromatic rings. The second-order valence-corrected chi connectivity index (χ2v) is 15.8. The lowest BCUT2D eigenvalue weighted by molar-refractivity contribution is 0.125. The first-order chi connectivity index (χ1) is 26.4. The molecule has 6 heteroatoms. The molecule has 4 N–H and O–H groups in total. The van der Waals surface area contributed by atoms with E-state index in [0.29, 0.717) is 17.6 Å². The van der Waals surface area contributed by atoms with Crippen molar-refractivity contribution >= 4 is 11.6 Å². The van der Waals surface area contributed by atoms with E-state index in [1.165, 1.54) is 133 Å². The molecule has 54 heavy (non-hydrogen) atoms. The van der Waals surface area contributed by atoms with E-state index in [4.69, 9.17) is 16.2 Å². The van der Waals surface area contributed by atoms with Crippen LogP contribution in [0.5, 0.6) is 5.75 Å². The van der Waals surface area contributed by atoms with Gasteiger partial charge in [0, 0.05) is 18.4 Å². The molecule has 0 spiro atoms. The maximum Gasteiger partial charge on any atom is 0.123 e. The van der Waals surface area contributed by atoms with Gasteiger partial charge in [-0.25, -0.2) is 9.97 Å². The molecule has 0 unspecified atom stereocenters. The Hall–Kier alpha value is -3.90. The summed E-state index contributed by atoms with van der Waals surface area (Å²) in [6, 6.07) is 29.2. The Kier molecular flexibility index (Phi) is 20.0. The van der Waals surface area contributed by atoms with Crippen LogP contribution in [0.4, 0.5) is 11.6 Å². The van der Waals surface area contributed by atoms with E-state index in [0.717, 1.165) is 23.6 Å². The Bertz CT molecular complexity index is 1460. The van der Waals surface area contributed by atoms with Crippen LogP contribution in [0, 0.1) is 12.8 Å². The van der Waals surface area contributed by atoms with E-state index in [2.05, 4.69) is 77.2 Å². The average Bonchev–Trinajstić information content (AvgIpc) is 3.24. The number of benzene rings is 2. The fraction of sp³-hybridized carbons (Fsp3) is 0.542. The number of likely N-dealkylation sites (tertiary alicyclic amines) is 1. The average molecular weight is 734 g/mol. The van der Waals surface area contributed by atoms with E-state index in [9.17, 15) is 0 Å². The van der Waals surface area contributed by atoms with Gasteiger partial charge in [-0.1, -0.05) is 119 Å². The van der Waals surface area contributed by atoms with Gasteiger partial charge in [0.15, 0.2) is 0 Å². The molecule has 0 atom stereocenters. The van der Waals surface area contributed by atoms with Gasteiger partial charge in [0.05, 0.1) is 7.11 Å². The first-order valence-electron chi connectivity index (χ1n) is 21.2. The molecule has 2 aromatic carbocycles. The first-order valence-corrected chi connectivity index (χ1v) is 21.2. The molecule has 3 heterocycles. The summed E-state index contributed by atoms with van der Waals surface area (Å²) in [6.07, 6.45) is 27.6. The summed E-state index contributed by atoms with van der Waals surface area (Å²) in [6.45, 7) is 7.30. The van der Waals surface area contributed by atoms with Crippen molar-refractivity contribution in [2.24, 2.45) is 5.92 Å². The second kappa shape index (κ2) is 25.2. The zero-order valence-electron chi connectivity index (χ0n) is 33.9. The zero-order valence-corrected chi connectivity index (χ0v) is 33.9. The highest BCUT2D eigenvalue weighted by atomic mass is 16.5. The van der Waals surface area contributed by atoms with E-state index < -0.39 is 0 Å².